The minimum atomic E-state index is -3.32. The first-order valence-electron chi connectivity index (χ1n) is 9.75. The van der Waals surface area contributed by atoms with E-state index < -0.39 is 10.0 Å². The third-order valence-corrected chi connectivity index (χ3v) is 6.22. The first kappa shape index (κ1) is 26.9. The van der Waals surface area contributed by atoms with Crippen LogP contribution in [0.5, 0.6) is 5.75 Å². The van der Waals surface area contributed by atoms with Gasteiger partial charge in [0.15, 0.2) is 5.96 Å². The van der Waals surface area contributed by atoms with Crippen LogP contribution in [-0.4, -0.2) is 88.4 Å². The van der Waals surface area contributed by atoms with Crippen LogP contribution in [0, 0.1) is 5.82 Å². The Morgan fingerprint density at radius 2 is 1.93 bits per heavy atom. The van der Waals surface area contributed by atoms with Gasteiger partial charge in [-0.25, -0.2) is 12.8 Å². The predicted molar refractivity (Wildman–Crippen MR) is 127 cm³/mol. The zero-order chi connectivity index (χ0) is 21.3. The lowest BCUT2D eigenvalue weighted by Gasteiger charge is -2.35. The van der Waals surface area contributed by atoms with Crippen molar-refractivity contribution in [2.75, 3.05) is 58.7 Å². The third-order valence-electron chi connectivity index (χ3n) is 4.39. The summed E-state index contributed by atoms with van der Waals surface area (Å²) in [5, 5.41) is 3.19. The summed E-state index contributed by atoms with van der Waals surface area (Å²) in [5.74, 6) is 0.820. The topological polar surface area (TPSA) is 83.5 Å². The van der Waals surface area contributed by atoms with Crippen LogP contribution in [0.25, 0.3) is 0 Å². The summed E-state index contributed by atoms with van der Waals surface area (Å²) in [6.45, 7) is 6.73. The van der Waals surface area contributed by atoms with Crippen molar-refractivity contribution in [3.63, 3.8) is 0 Å². The molecule has 11 heteroatoms. The Labute approximate surface area is 195 Å². The highest BCUT2D eigenvalue weighted by molar-refractivity contribution is 14.0. The first-order valence-corrected chi connectivity index (χ1v) is 11.4. The van der Waals surface area contributed by atoms with Crippen LogP contribution in [0.3, 0.4) is 0 Å². The van der Waals surface area contributed by atoms with Crippen LogP contribution in [0.2, 0.25) is 0 Å². The van der Waals surface area contributed by atoms with Gasteiger partial charge in [0, 0.05) is 39.3 Å². The number of rotatable bonds is 9. The van der Waals surface area contributed by atoms with Crippen molar-refractivity contribution < 1.29 is 22.3 Å². The van der Waals surface area contributed by atoms with Crippen LogP contribution in [-0.2, 0) is 14.8 Å². The molecule has 30 heavy (non-hydrogen) atoms. The standard InChI is InChI=1S/C19H31FN4O4S.HI/c1-16(2)27-13-14-29(25,26)24-10-8-23(9-11-24)19(21-3)22-7-12-28-18-6-4-5-17(20)15-18;/h4-6,15-16H,7-14H2,1-3H3,(H,21,22);1H. The maximum Gasteiger partial charge on any atom is 0.216 e. The summed E-state index contributed by atoms with van der Waals surface area (Å²) in [5.41, 5.74) is 0. The van der Waals surface area contributed by atoms with E-state index in [-0.39, 0.29) is 48.3 Å². The van der Waals surface area contributed by atoms with E-state index in [1.165, 1.54) is 16.4 Å². The average molecular weight is 558 g/mol. The lowest BCUT2D eigenvalue weighted by molar-refractivity contribution is 0.0904. The van der Waals surface area contributed by atoms with Crippen molar-refractivity contribution in [2.45, 2.75) is 20.0 Å². The SMILES string of the molecule is CN=C(NCCOc1cccc(F)c1)N1CCN(S(=O)(=O)CCOC(C)C)CC1.I. The maximum absolute atomic E-state index is 13.1. The number of halogens is 2. The van der Waals surface area contributed by atoms with E-state index in [2.05, 4.69) is 10.3 Å². The molecule has 0 spiro atoms. The Morgan fingerprint density at radius 1 is 1.23 bits per heavy atom. The Kier molecular flexibility index (Phi) is 11.9. The van der Waals surface area contributed by atoms with Gasteiger partial charge in [-0.1, -0.05) is 6.07 Å². The summed E-state index contributed by atoms with van der Waals surface area (Å²) in [7, 11) is -1.64. The van der Waals surface area contributed by atoms with Crippen LogP contribution < -0.4 is 10.1 Å². The van der Waals surface area contributed by atoms with Gasteiger partial charge in [-0.15, -0.1) is 24.0 Å². The molecular formula is C19H32FIN4O4S. The van der Waals surface area contributed by atoms with Gasteiger partial charge in [0.2, 0.25) is 10.0 Å². The van der Waals surface area contributed by atoms with E-state index in [9.17, 15) is 12.8 Å². The zero-order valence-electron chi connectivity index (χ0n) is 17.7. The average Bonchev–Trinajstić information content (AvgIpc) is 2.68. The molecule has 1 fully saturated rings. The highest BCUT2D eigenvalue weighted by Crippen LogP contribution is 2.12. The molecule has 8 nitrogen and oxygen atoms in total. The first-order chi connectivity index (χ1) is 13.8. The fourth-order valence-corrected chi connectivity index (χ4v) is 4.20. The number of guanidine groups is 1. The molecule has 1 aromatic carbocycles. The lowest BCUT2D eigenvalue weighted by atomic mass is 10.3. The predicted octanol–water partition coefficient (Wildman–Crippen LogP) is 1.77. The number of benzene rings is 1. The number of piperazine rings is 1. The molecule has 1 aromatic rings. The summed E-state index contributed by atoms with van der Waals surface area (Å²) < 4.78 is 50.4. The molecule has 0 atom stereocenters. The van der Waals surface area contributed by atoms with E-state index in [1.54, 1.807) is 19.2 Å². The van der Waals surface area contributed by atoms with Gasteiger partial charge < -0.3 is 19.7 Å². The van der Waals surface area contributed by atoms with Gasteiger partial charge in [0.1, 0.15) is 18.2 Å². The Morgan fingerprint density at radius 3 is 2.53 bits per heavy atom. The molecule has 0 saturated carbocycles. The third kappa shape index (κ3) is 8.90. The smallest absolute Gasteiger partial charge is 0.216 e. The summed E-state index contributed by atoms with van der Waals surface area (Å²) in [6.07, 6.45) is 0.0151. The number of aliphatic imine (C=N–C) groups is 1. The fourth-order valence-electron chi connectivity index (χ4n) is 2.92. The monoisotopic (exact) mass is 558 g/mol. The van der Waals surface area contributed by atoms with Crippen molar-refractivity contribution in [3.8, 4) is 5.75 Å². The molecule has 0 radical (unpaired) electrons. The molecule has 0 unspecified atom stereocenters. The van der Waals surface area contributed by atoms with Crippen LogP contribution in [0.4, 0.5) is 4.39 Å². The number of nitrogens with zero attached hydrogens (tertiary/aromatic N) is 3. The number of ether oxygens (including phenoxy) is 2. The van der Waals surface area contributed by atoms with Crippen molar-refractivity contribution >= 4 is 40.0 Å². The minimum absolute atomic E-state index is 0. The molecule has 1 saturated heterocycles. The summed E-state index contributed by atoms with van der Waals surface area (Å²) in [6, 6.07) is 5.99. The number of nitrogens with one attached hydrogen (secondary N) is 1. The second-order valence-corrected chi connectivity index (χ2v) is 8.99. The highest BCUT2D eigenvalue weighted by atomic mass is 127. The van der Waals surface area contributed by atoms with E-state index in [0.29, 0.717) is 51.0 Å². The number of sulfonamides is 1. The minimum Gasteiger partial charge on any atom is -0.492 e. The van der Waals surface area contributed by atoms with E-state index in [0.717, 1.165) is 0 Å². The normalized spacial score (nSPS) is 15.8. The molecule has 0 aromatic heterocycles. The van der Waals surface area contributed by atoms with E-state index in [1.807, 2.05) is 18.7 Å². The maximum atomic E-state index is 13.1. The molecule has 0 amide bonds. The summed E-state index contributed by atoms with van der Waals surface area (Å²) >= 11 is 0. The van der Waals surface area contributed by atoms with Crippen molar-refractivity contribution in [1.82, 2.24) is 14.5 Å². The van der Waals surface area contributed by atoms with Gasteiger partial charge in [-0.2, -0.15) is 4.31 Å². The quantitative estimate of drug-likeness (QED) is 0.216. The second kappa shape index (κ2) is 13.3. The van der Waals surface area contributed by atoms with Gasteiger partial charge in [0.25, 0.3) is 0 Å². The van der Waals surface area contributed by atoms with Crippen molar-refractivity contribution in [2.24, 2.45) is 4.99 Å². The zero-order valence-corrected chi connectivity index (χ0v) is 20.9. The fraction of sp³-hybridized carbons (Fsp3) is 0.632. The Bertz CT molecular complexity index is 772. The molecule has 1 heterocycles. The molecule has 0 bridgehead atoms. The second-order valence-electron chi connectivity index (χ2n) is 6.90. The number of hydrogen-bond donors (Lipinski definition) is 1. The van der Waals surface area contributed by atoms with Crippen LogP contribution in [0.15, 0.2) is 29.3 Å². The highest BCUT2D eigenvalue weighted by Gasteiger charge is 2.27. The van der Waals surface area contributed by atoms with Gasteiger partial charge in [-0.05, 0) is 26.0 Å². The largest absolute Gasteiger partial charge is 0.492 e. The Hall–Kier alpha value is -1.18. The molecule has 2 rings (SSSR count). The van der Waals surface area contributed by atoms with Gasteiger partial charge in [-0.3, -0.25) is 4.99 Å². The molecule has 1 N–H and O–H groups in total. The Balaban J connectivity index is 0.00000450. The number of hydrogen-bond acceptors (Lipinski definition) is 5. The molecule has 1 aliphatic heterocycles. The molecular weight excluding hydrogens is 526 g/mol. The summed E-state index contributed by atoms with van der Waals surface area (Å²) in [4.78, 5) is 6.27. The van der Waals surface area contributed by atoms with Crippen molar-refractivity contribution in [3.05, 3.63) is 30.1 Å². The van der Waals surface area contributed by atoms with E-state index in [4.69, 9.17) is 9.47 Å². The van der Waals surface area contributed by atoms with E-state index >= 15 is 0 Å². The lowest BCUT2D eigenvalue weighted by Crippen LogP contribution is -2.54. The van der Waals surface area contributed by atoms with Gasteiger partial charge >= 0.3 is 0 Å². The van der Waals surface area contributed by atoms with Crippen LogP contribution in [0.1, 0.15) is 13.8 Å². The molecule has 172 valence electrons. The van der Waals surface area contributed by atoms with Crippen LogP contribution >= 0.6 is 24.0 Å². The molecule has 1 aliphatic rings. The van der Waals surface area contributed by atoms with Crippen molar-refractivity contribution in [1.29, 1.82) is 0 Å². The van der Waals surface area contributed by atoms with Gasteiger partial charge in [0.05, 0.1) is 25.0 Å². The molecule has 0 aliphatic carbocycles.